The van der Waals surface area contributed by atoms with E-state index in [1.54, 1.807) is 47.3 Å². The first-order valence-corrected chi connectivity index (χ1v) is 11.0. The Morgan fingerprint density at radius 2 is 1.91 bits per heavy atom. The van der Waals surface area contributed by atoms with Crippen LogP contribution < -0.4 is 9.46 Å². The Bertz CT molecular complexity index is 1220. The lowest BCUT2D eigenvalue weighted by molar-refractivity contribution is -0.0429. The molecular weight excluding hydrogens is 447 g/mol. The highest BCUT2D eigenvalue weighted by Gasteiger charge is 2.46. The molecule has 2 aromatic carbocycles. The first-order valence-electron chi connectivity index (χ1n) is 9.55. The maximum Gasteiger partial charge on any atom is 0.516 e. The van der Waals surface area contributed by atoms with Gasteiger partial charge in [0.2, 0.25) is 0 Å². The van der Waals surface area contributed by atoms with Crippen molar-refractivity contribution in [3.63, 3.8) is 0 Å². The van der Waals surface area contributed by atoms with E-state index in [0.717, 1.165) is 0 Å². The van der Waals surface area contributed by atoms with Crippen molar-refractivity contribution in [2.75, 3.05) is 11.3 Å². The number of sulfonamides is 1. The molecule has 0 fully saturated rings. The van der Waals surface area contributed by atoms with Crippen LogP contribution in [0.15, 0.2) is 60.8 Å². The maximum atomic E-state index is 12.8. The van der Waals surface area contributed by atoms with E-state index >= 15 is 0 Å². The number of aromatic nitrogens is 2. The number of nitrogens with zero attached hydrogens (tertiary/aromatic N) is 2. The zero-order valence-electron chi connectivity index (χ0n) is 16.5. The second-order valence-electron chi connectivity index (χ2n) is 7.28. The molecule has 3 aromatic rings. The standard InChI is InChI=1S/C21H18F3N3O4S/c22-21(23,24)32(29,30)27-18-6-2-1-5-16(18)13-7-8-17-19(11-13)31-12-14(20(17)28)10-15-4-3-9-25-26-15/h1-9,11,14,20,27-28H,10,12H2/t14-,20+/m1/s1. The summed E-state index contributed by atoms with van der Waals surface area (Å²) in [5.41, 5.74) is -3.75. The Labute approximate surface area is 181 Å². The molecule has 1 aliphatic heterocycles. The van der Waals surface area contributed by atoms with Gasteiger partial charge in [-0.15, -0.1) is 0 Å². The first-order chi connectivity index (χ1) is 15.2. The molecule has 0 spiro atoms. The molecule has 2 atom stereocenters. The molecule has 2 N–H and O–H groups in total. The Kier molecular flexibility index (Phi) is 5.78. The minimum absolute atomic E-state index is 0.205. The summed E-state index contributed by atoms with van der Waals surface area (Å²) in [6.07, 6.45) is 1.17. The highest BCUT2D eigenvalue weighted by molar-refractivity contribution is 7.93. The number of aliphatic hydroxyl groups is 1. The second kappa shape index (κ2) is 8.40. The zero-order chi connectivity index (χ0) is 22.9. The summed E-state index contributed by atoms with van der Waals surface area (Å²) in [6.45, 7) is 0.205. The molecule has 1 aliphatic rings. The lowest BCUT2D eigenvalue weighted by Gasteiger charge is -2.30. The average molecular weight is 465 g/mol. The van der Waals surface area contributed by atoms with Gasteiger partial charge in [0.25, 0.3) is 0 Å². The molecule has 168 valence electrons. The Morgan fingerprint density at radius 1 is 1.12 bits per heavy atom. The average Bonchev–Trinajstić information content (AvgIpc) is 2.75. The number of fused-ring (bicyclic) bond motifs is 1. The lowest BCUT2D eigenvalue weighted by Crippen LogP contribution is -2.30. The Balaban J connectivity index is 1.61. The van der Waals surface area contributed by atoms with Crippen molar-refractivity contribution in [2.45, 2.75) is 18.0 Å². The van der Waals surface area contributed by atoms with Crippen molar-refractivity contribution in [3.05, 3.63) is 72.1 Å². The summed E-state index contributed by atoms with van der Waals surface area (Å²) in [5.74, 6) is 0.120. The number of ether oxygens (including phenoxy) is 1. The monoisotopic (exact) mass is 465 g/mol. The van der Waals surface area contributed by atoms with Crippen LogP contribution in [0.5, 0.6) is 5.75 Å². The second-order valence-corrected chi connectivity index (χ2v) is 8.96. The normalized spacial score (nSPS) is 18.5. The lowest BCUT2D eigenvalue weighted by atomic mass is 9.88. The van der Waals surface area contributed by atoms with Crippen molar-refractivity contribution in [2.24, 2.45) is 5.92 Å². The number of alkyl halides is 3. The third kappa shape index (κ3) is 4.39. The molecule has 7 nitrogen and oxygen atoms in total. The molecule has 0 saturated heterocycles. The summed E-state index contributed by atoms with van der Waals surface area (Å²) in [7, 11) is -5.58. The van der Waals surface area contributed by atoms with Crippen LogP contribution >= 0.6 is 0 Å². The Hall–Kier alpha value is -3.18. The largest absolute Gasteiger partial charge is 0.516 e. The summed E-state index contributed by atoms with van der Waals surface area (Å²) in [6, 6.07) is 14.1. The molecule has 0 aliphatic carbocycles. The molecule has 0 amide bonds. The van der Waals surface area contributed by atoms with E-state index in [4.69, 9.17) is 4.74 Å². The zero-order valence-corrected chi connectivity index (χ0v) is 17.3. The number of aliphatic hydroxyl groups excluding tert-OH is 1. The van der Waals surface area contributed by atoms with Gasteiger partial charge in [-0.05, 0) is 29.8 Å². The fourth-order valence-corrected chi connectivity index (χ4v) is 4.10. The Morgan fingerprint density at radius 3 is 2.62 bits per heavy atom. The van der Waals surface area contributed by atoms with Gasteiger partial charge in [0.05, 0.1) is 24.1 Å². The molecule has 32 heavy (non-hydrogen) atoms. The van der Waals surface area contributed by atoms with Crippen molar-refractivity contribution >= 4 is 15.7 Å². The van der Waals surface area contributed by atoms with Gasteiger partial charge >= 0.3 is 15.5 Å². The highest BCUT2D eigenvalue weighted by atomic mass is 32.2. The van der Waals surface area contributed by atoms with Crippen molar-refractivity contribution < 1.29 is 31.4 Å². The van der Waals surface area contributed by atoms with Crippen LogP contribution in [0.2, 0.25) is 0 Å². The van der Waals surface area contributed by atoms with Crippen LogP contribution in [-0.2, 0) is 16.4 Å². The number of rotatable bonds is 5. The van der Waals surface area contributed by atoms with Crippen molar-refractivity contribution in [1.82, 2.24) is 10.2 Å². The minimum Gasteiger partial charge on any atom is -0.493 e. The van der Waals surface area contributed by atoms with Crippen molar-refractivity contribution in [1.29, 1.82) is 0 Å². The van der Waals surface area contributed by atoms with Crippen LogP contribution in [0.3, 0.4) is 0 Å². The molecule has 1 aromatic heterocycles. The van der Waals surface area contributed by atoms with Crippen LogP contribution in [0.25, 0.3) is 11.1 Å². The molecule has 2 heterocycles. The minimum atomic E-state index is -5.58. The van der Waals surface area contributed by atoms with E-state index in [1.165, 1.54) is 18.2 Å². The summed E-state index contributed by atoms with van der Waals surface area (Å²) in [5, 5.41) is 18.6. The number of para-hydroxylation sites is 1. The first kappa shape index (κ1) is 22.0. The van der Waals surface area contributed by atoms with Crippen molar-refractivity contribution in [3.8, 4) is 16.9 Å². The summed E-state index contributed by atoms with van der Waals surface area (Å²) >= 11 is 0. The highest BCUT2D eigenvalue weighted by Crippen LogP contribution is 2.40. The summed E-state index contributed by atoms with van der Waals surface area (Å²) in [4.78, 5) is 0. The quantitative estimate of drug-likeness (QED) is 0.596. The van der Waals surface area contributed by atoms with E-state index in [2.05, 4.69) is 10.2 Å². The number of halogens is 3. The summed E-state index contributed by atoms with van der Waals surface area (Å²) < 4.78 is 69.0. The smallest absolute Gasteiger partial charge is 0.493 e. The van der Waals surface area contributed by atoms with Crippen LogP contribution in [0, 0.1) is 5.92 Å². The van der Waals surface area contributed by atoms with E-state index in [9.17, 15) is 26.7 Å². The van der Waals surface area contributed by atoms with Gasteiger partial charge in [0.1, 0.15) is 5.75 Å². The van der Waals surface area contributed by atoms with Crippen LogP contribution in [-0.4, -0.2) is 35.8 Å². The third-order valence-electron chi connectivity index (χ3n) is 5.12. The van der Waals surface area contributed by atoms with Gasteiger partial charge in [0, 0.05) is 29.7 Å². The van der Waals surface area contributed by atoms with Gasteiger partial charge in [-0.1, -0.05) is 30.3 Å². The van der Waals surface area contributed by atoms with Gasteiger partial charge in [-0.2, -0.15) is 31.8 Å². The fraction of sp³-hybridized carbons (Fsp3) is 0.238. The van der Waals surface area contributed by atoms with E-state index in [-0.39, 0.29) is 23.8 Å². The molecule has 0 saturated carbocycles. The topological polar surface area (TPSA) is 101 Å². The SMILES string of the molecule is O=S(=O)(Nc1ccccc1-c1ccc2c(c1)OC[C@@H](Cc1cccnn1)[C@@H]2O)C(F)(F)F. The molecular formula is C21H18F3N3O4S. The predicted molar refractivity (Wildman–Crippen MR) is 110 cm³/mol. The number of hydrogen-bond donors (Lipinski definition) is 2. The molecule has 11 heteroatoms. The van der Waals surface area contributed by atoms with Crippen LogP contribution in [0.4, 0.5) is 18.9 Å². The van der Waals surface area contributed by atoms with Gasteiger partial charge in [-0.3, -0.25) is 4.72 Å². The predicted octanol–water partition coefficient (Wildman–Crippen LogP) is 3.69. The van der Waals surface area contributed by atoms with Crippen LogP contribution in [0.1, 0.15) is 17.4 Å². The fourth-order valence-electron chi connectivity index (χ4n) is 3.52. The maximum absolute atomic E-state index is 12.8. The number of benzene rings is 2. The molecule has 4 rings (SSSR count). The number of hydrogen-bond acceptors (Lipinski definition) is 6. The van der Waals surface area contributed by atoms with Gasteiger partial charge in [-0.25, -0.2) is 0 Å². The van der Waals surface area contributed by atoms with Gasteiger partial charge in [0.15, 0.2) is 0 Å². The van der Waals surface area contributed by atoms with E-state index < -0.39 is 21.6 Å². The van der Waals surface area contributed by atoms with E-state index in [1.807, 2.05) is 0 Å². The van der Waals surface area contributed by atoms with E-state index in [0.29, 0.717) is 29.0 Å². The molecule has 0 radical (unpaired) electrons. The number of nitrogens with one attached hydrogen (secondary N) is 1. The van der Waals surface area contributed by atoms with Gasteiger partial charge < -0.3 is 9.84 Å². The number of anilines is 1. The molecule has 0 unspecified atom stereocenters. The molecule has 0 bridgehead atoms. The third-order valence-corrected chi connectivity index (χ3v) is 6.22.